The summed E-state index contributed by atoms with van der Waals surface area (Å²) in [6.45, 7) is 0. The lowest BCUT2D eigenvalue weighted by Crippen LogP contribution is -2.52. The lowest BCUT2D eigenvalue weighted by molar-refractivity contribution is -0.145. The maximum absolute atomic E-state index is 12.0. The molecular formula is C14H20N4O3. The van der Waals surface area contributed by atoms with Gasteiger partial charge < -0.3 is 15.7 Å². The Balaban J connectivity index is 1.48. The van der Waals surface area contributed by atoms with Crippen molar-refractivity contribution in [1.29, 1.82) is 0 Å². The number of amides is 2. The molecule has 1 heterocycles. The van der Waals surface area contributed by atoms with Crippen molar-refractivity contribution in [3.63, 3.8) is 0 Å². The van der Waals surface area contributed by atoms with Gasteiger partial charge in [0.15, 0.2) is 0 Å². The summed E-state index contributed by atoms with van der Waals surface area (Å²) in [6.07, 6.45) is 7.74. The van der Waals surface area contributed by atoms with Gasteiger partial charge in [0.2, 0.25) is 0 Å². The minimum Gasteiger partial charge on any atom is -0.481 e. The number of carbonyl (C=O) groups excluding carboxylic acids is 1. The summed E-state index contributed by atoms with van der Waals surface area (Å²) in [5.41, 5.74) is 0. The van der Waals surface area contributed by atoms with Crippen molar-refractivity contribution in [2.45, 2.75) is 50.2 Å². The molecule has 21 heavy (non-hydrogen) atoms. The van der Waals surface area contributed by atoms with Gasteiger partial charge in [-0.05, 0) is 38.2 Å². The van der Waals surface area contributed by atoms with Gasteiger partial charge in [0.1, 0.15) is 0 Å². The first-order chi connectivity index (χ1) is 10.1. The highest BCUT2D eigenvalue weighted by Gasteiger charge is 2.36. The van der Waals surface area contributed by atoms with Gasteiger partial charge in [0.05, 0.1) is 18.0 Å². The number of carboxylic acids is 1. The van der Waals surface area contributed by atoms with Crippen molar-refractivity contribution in [2.24, 2.45) is 5.92 Å². The van der Waals surface area contributed by atoms with Gasteiger partial charge in [0, 0.05) is 18.4 Å². The van der Waals surface area contributed by atoms with E-state index in [-0.39, 0.29) is 30.1 Å². The molecule has 1 aromatic heterocycles. The fourth-order valence-corrected chi connectivity index (χ4v) is 3.24. The molecule has 7 nitrogen and oxygen atoms in total. The van der Waals surface area contributed by atoms with Crippen LogP contribution in [-0.2, 0) is 4.79 Å². The smallest absolute Gasteiger partial charge is 0.315 e. The summed E-state index contributed by atoms with van der Waals surface area (Å²) in [5, 5.41) is 18.9. The lowest BCUT2D eigenvalue weighted by atomic mass is 9.80. The first kappa shape index (κ1) is 13.9. The van der Waals surface area contributed by atoms with Crippen LogP contribution < -0.4 is 10.6 Å². The second kappa shape index (κ2) is 5.75. The maximum atomic E-state index is 12.0. The molecule has 2 atom stereocenters. The highest BCUT2D eigenvalue weighted by Crippen LogP contribution is 2.30. The molecule has 7 heteroatoms. The molecule has 2 amide bonds. The van der Waals surface area contributed by atoms with Crippen molar-refractivity contribution < 1.29 is 14.7 Å². The fraction of sp³-hybridized carbons (Fsp3) is 0.643. The predicted molar refractivity (Wildman–Crippen MR) is 74.7 cm³/mol. The van der Waals surface area contributed by atoms with Crippen LogP contribution >= 0.6 is 0 Å². The number of aliphatic carboxylic acids is 1. The van der Waals surface area contributed by atoms with E-state index in [1.54, 1.807) is 6.20 Å². The molecule has 0 spiro atoms. The molecule has 0 aromatic carbocycles. The Hall–Kier alpha value is -2.05. The van der Waals surface area contributed by atoms with Crippen molar-refractivity contribution >= 4 is 12.0 Å². The predicted octanol–water partition coefficient (Wildman–Crippen LogP) is 1.14. The highest BCUT2D eigenvalue weighted by molar-refractivity contribution is 5.76. The van der Waals surface area contributed by atoms with E-state index in [0.717, 1.165) is 19.3 Å². The molecule has 0 aliphatic heterocycles. The highest BCUT2D eigenvalue weighted by atomic mass is 16.4. The van der Waals surface area contributed by atoms with E-state index in [0.29, 0.717) is 12.8 Å². The quantitative estimate of drug-likeness (QED) is 0.775. The Morgan fingerprint density at radius 1 is 1.24 bits per heavy atom. The van der Waals surface area contributed by atoms with E-state index in [1.165, 1.54) is 0 Å². The summed E-state index contributed by atoms with van der Waals surface area (Å²) in [7, 11) is 0. The second-order valence-corrected chi connectivity index (χ2v) is 5.91. The third-order valence-corrected chi connectivity index (χ3v) is 4.48. The van der Waals surface area contributed by atoms with Crippen LogP contribution in [0.4, 0.5) is 4.79 Å². The summed E-state index contributed by atoms with van der Waals surface area (Å²) in [5.74, 6) is -1.08. The first-order valence-corrected chi connectivity index (χ1v) is 7.42. The van der Waals surface area contributed by atoms with E-state index in [2.05, 4.69) is 15.7 Å². The average molecular weight is 292 g/mol. The van der Waals surface area contributed by atoms with Gasteiger partial charge in [-0.25, -0.2) is 4.79 Å². The Kier molecular flexibility index (Phi) is 3.81. The molecular weight excluding hydrogens is 272 g/mol. The van der Waals surface area contributed by atoms with Crippen LogP contribution in [0.15, 0.2) is 18.5 Å². The molecule has 3 rings (SSSR count). The maximum Gasteiger partial charge on any atom is 0.315 e. The monoisotopic (exact) mass is 292 g/mol. The summed E-state index contributed by atoms with van der Waals surface area (Å²) < 4.78 is 1.90. The zero-order valence-electron chi connectivity index (χ0n) is 11.7. The fourth-order valence-electron chi connectivity index (χ4n) is 3.24. The summed E-state index contributed by atoms with van der Waals surface area (Å²) >= 11 is 0. The summed E-state index contributed by atoms with van der Waals surface area (Å²) in [6, 6.07) is 1.96. The van der Waals surface area contributed by atoms with Gasteiger partial charge in [-0.2, -0.15) is 5.10 Å². The van der Waals surface area contributed by atoms with Crippen LogP contribution in [0.1, 0.15) is 38.1 Å². The normalized spacial score (nSPS) is 31.4. The van der Waals surface area contributed by atoms with Crippen LogP contribution in [0.3, 0.4) is 0 Å². The molecule has 0 unspecified atom stereocenters. The van der Waals surface area contributed by atoms with E-state index in [9.17, 15) is 9.59 Å². The van der Waals surface area contributed by atoms with Crippen LogP contribution in [0.5, 0.6) is 0 Å². The second-order valence-electron chi connectivity index (χ2n) is 5.91. The van der Waals surface area contributed by atoms with Crippen LogP contribution in [0, 0.1) is 5.92 Å². The van der Waals surface area contributed by atoms with E-state index in [4.69, 9.17) is 5.11 Å². The topological polar surface area (TPSA) is 96.3 Å². The van der Waals surface area contributed by atoms with Crippen LogP contribution in [0.25, 0.3) is 0 Å². The number of nitrogens with zero attached hydrogens (tertiary/aromatic N) is 2. The number of aromatic nitrogens is 2. The molecule has 1 aromatic rings. The minimum absolute atomic E-state index is 0.0179. The number of urea groups is 1. The Morgan fingerprint density at radius 2 is 2.05 bits per heavy atom. The van der Waals surface area contributed by atoms with Crippen molar-refractivity contribution in [3.05, 3.63) is 18.5 Å². The molecule has 2 saturated carbocycles. The molecule has 2 aliphatic rings. The largest absolute Gasteiger partial charge is 0.481 e. The minimum atomic E-state index is -0.775. The van der Waals surface area contributed by atoms with E-state index in [1.807, 2.05) is 16.9 Å². The molecule has 114 valence electrons. The third-order valence-electron chi connectivity index (χ3n) is 4.48. The Bertz CT molecular complexity index is 510. The molecule has 3 N–H and O–H groups in total. The molecule has 0 radical (unpaired) electrons. The number of hydrogen-bond donors (Lipinski definition) is 3. The average Bonchev–Trinajstić information content (AvgIpc) is 3.02. The van der Waals surface area contributed by atoms with Crippen molar-refractivity contribution in [3.8, 4) is 0 Å². The SMILES string of the molecule is O=C(NC1CC(C(=O)O)C1)N[C@@H]1CCC[C@@H]1n1cccn1. The number of carbonyl (C=O) groups is 2. The van der Waals surface area contributed by atoms with Crippen LogP contribution in [0.2, 0.25) is 0 Å². The van der Waals surface area contributed by atoms with E-state index >= 15 is 0 Å². The Labute approximate surface area is 122 Å². The molecule has 0 saturated heterocycles. The van der Waals surface area contributed by atoms with Crippen molar-refractivity contribution in [2.75, 3.05) is 0 Å². The standard InChI is InChI=1S/C14H20N4O3/c19-13(20)9-7-10(8-9)16-14(21)17-11-3-1-4-12(11)18-6-2-5-15-18/h2,5-6,9-12H,1,3-4,7-8H2,(H,19,20)(H2,16,17,21)/t9?,10?,11-,12+/m1/s1. The van der Waals surface area contributed by atoms with Crippen molar-refractivity contribution in [1.82, 2.24) is 20.4 Å². The van der Waals surface area contributed by atoms with Gasteiger partial charge in [0.25, 0.3) is 0 Å². The lowest BCUT2D eigenvalue weighted by Gasteiger charge is -2.33. The Morgan fingerprint density at radius 3 is 2.71 bits per heavy atom. The van der Waals surface area contributed by atoms with E-state index < -0.39 is 5.97 Å². The van der Waals surface area contributed by atoms with Gasteiger partial charge in [-0.3, -0.25) is 9.48 Å². The van der Waals surface area contributed by atoms with Crippen LogP contribution in [-0.4, -0.2) is 39.0 Å². The van der Waals surface area contributed by atoms with Gasteiger partial charge in [-0.1, -0.05) is 0 Å². The number of nitrogens with one attached hydrogen (secondary N) is 2. The van der Waals surface area contributed by atoms with Gasteiger partial charge in [-0.15, -0.1) is 0 Å². The molecule has 0 bridgehead atoms. The first-order valence-electron chi connectivity index (χ1n) is 7.42. The molecule has 2 aliphatic carbocycles. The third kappa shape index (κ3) is 3.01. The number of hydrogen-bond acceptors (Lipinski definition) is 3. The zero-order valence-corrected chi connectivity index (χ0v) is 11.7. The zero-order chi connectivity index (χ0) is 14.8. The summed E-state index contributed by atoms with van der Waals surface area (Å²) in [4.78, 5) is 22.7. The number of rotatable bonds is 4. The number of carboxylic acid groups (broad SMARTS) is 1. The molecule has 2 fully saturated rings. The van der Waals surface area contributed by atoms with Gasteiger partial charge >= 0.3 is 12.0 Å².